The maximum atomic E-state index is 13.1. The first-order valence-electron chi connectivity index (χ1n) is 11.4. The zero-order valence-corrected chi connectivity index (χ0v) is 19.9. The predicted molar refractivity (Wildman–Crippen MR) is 132 cm³/mol. The second-order valence-electron chi connectivity index (χ2n) is 7.72. The molecule has 1 saturated heterocycles. The van der Waals surface area contributed by atoms with E-state index in [0.29, 0.717) is 68.1 Å². The van der Waals surface area contributed by atoms with Gasteiger partial charge in [0, 0.05) is 37.9 Å². The van der Waals surface area contributed by atoms with Gasteiger partial charge in [0.2, 0.25) is 0 Å². The normalized spacial score (nSPS) is 13.5. The number of rotatable bonds is 9. The number of anilines is 1. The van der Waals surface area contributed by atoms with Gasteiger partial charge in [-0.1, -0.05) is 29.8 Å². The van der Waals surface area contributed by atoms with Crippen LogP contribution >= 0.6 is 11.6 Å². The fourth-order valence-electron chi connectivity index (χ4n) is 3.73. The summed E-state index contributed by atoms with van der Waals surface area (Å²) in [7, 11) is 0. The maximum absolute atomic E-state index is 13.1. The highest BCUT2D eigenvalue weighted by atomic mass is 35.5. The van der Waals surface area contributed by atoms with E-state index in [1.165, 1.54) is 0 Å². The van der Waals surface area contributed by atoms with Crippen molar-refractivity contribution < 1.29 is 19.0 Å². The van der Waals surface area contributed by atoms with Crippen LogP contribution in [0.3, 0.4) is 0 Å². The number of hydrogen-bond acceptors (Lipinski definition) is 6. The van der Waals surface area contributed by atoms with Gasteiger partial charge in [-0.15, -0.1) is 0 Å². The van der Waals surface area contributed by atoms with Gasteiger partial charge in [-0.3, -0.25) is 4.79 Å². The molecule has 1 aliphatic rings. The van der Waals surface area contributed by atoms with Crippen molar-refractivity contribution in [2.45, 2.75) is 6.92 Å². The highest BCUT2D eigenvalue weighted by molar-refractivity contribution is 6.30. The summed E-state index contributed by atoms with van der Waals surface area (Å²) in [6.07, 6.45) is 1.64. The minimum atomic E-state index is -0.0244. The Labute approximate surface area is 204 Å². The molecule has 0 atom stereocenters. The molecule has 34 heavy (non-hydrogen) atoms. The SMILES string of the molecule is CCOc1cc(C(=O)N2CCN(c3ccc(Cl)cn3)CC2)ccc1OCCOc1ccccc1. The maximum Gasteiger partial charge on any atom is 0.254 e. The number of aromatic nitrogens is 1. The van der Waals surface area contributed by atoms with Crippen LogP contribution in [-0.2, 0) is 0 Å². The van der Waals surface area contributed by atoms with E-state index in [-0.39, 0.29) is 5.91 Å². The monoisotopic (exact) mass is 481 g/mol. The third kappa shape index (κ3) is 6.11. The van der Waals surface area contributed by atoms with Crippen LogP contribution in [0.2, 0.25) is 5.02 Å². The van der Waals surface area contributed by atoms with Crippen LogP contribution in [0.15, 0.2) is 66.9 Å². The highest BCUT2D eigenvalue weighted by Gasteiger charge is 2.24. The second kappa shape index (κ2) is 11.6. The summed E-state index contributed by atoms with van der Waals surface area (Å²) < 4.78 is 17.3. The molecule has 1 amide bonds. The zero-order chi connectivity index (χ0) is 23.8. The topological polar surface area (TPSA) is 64.1 Å². The number of para-hydroxylation sites is 1. The minimum absolute atomic E-state index is 0.0244. The lowest BCUT2D eigenvalue weighted by Gasteiger charge is -2.35. The molecule has 0 unspecified atom stereocenters. The first kappa shape index (κ1) is 23.7. The third-order valence-corrected chi connectivity index (χ3v) is 5.67. The fourth-order valence-corrected chi connectivity index (χ4v) is 3.84. The van der Waals surface area contributed by atoms with E-state index in [4.69, 9.17) is 25.8 Å². The quantitative estimate of drug-likeness (QED) is 0.418. The van der Waals surface area contributed by atoms with Crippen LogP contribution in [0, 0.1) is 0 Å². The van der Waals surface area contributed by atoms with Gasteiger partial charge in [0.15, 0.2) is 11.5 Å². The van der Waals surface area contributed by atoms with E-state index in [9.17, 15) is 4.79 Å². The van der Waals surface area contributed by atoms with Gasteiger partial charge in [-0.2, -0.15) is 0 Å². The van der Waals surface area contributed by atoms with Crippen molar-refractivity contribution in [1.82, 2.24) is 9.88 Å². The summed E-state index contributed by atoms with van der Waals surface area (Å²) in [5, 5.41) is 0.610. The number of benzene rings is 2. The van der Waals surface area contributed by atoms with Gasteiger partial charge in [-0.05, 0) is 49.4 Å². The van der Waals surface area contributed by atoms with Gasteiger partial charge in [0.1, 0.15) is 24.8 Å². The fraction of sp³-hybridized carbons (Fsp3) is 0.308. The van der Waals surface area contributed by atoms with Crippen LogP contribution in [0.1, 0.15) is 17.3 Å². The van der Waals surface area contributed by atoms with Crippen molar-refractivity contribution in [2.24, 2.45) is 0 Å². The molecule has 1 fully saturated rings. The van der Waals surface area contributed by atoms with Gasteiger partial charge in [0.05, 0.1) is 11.6 Å². The minimum Gasteiger partial charge on any atom is -0.490 e. The van der Waals surface area contributed by atoms with Gasteiger partial charge >= 0.3 is 0 Å². The molecule has 3 aromatic rings. The third-order valence-electron chi connectivity index (χ3n) is 5.45. The smallest absolute Gasteiger partial charge is 0.254 e. The molecule has 8 heteroatoms. The Morgan fingerprint density at radius 3 is 2.38 bits per heavy atom. The summed E-state index contributed by atoms with van der Waals surface area (Å²) in [6.45, 7) is 5.79. The first-order chi connectivity index (χ1) is 16.6. The van der Waals surface area contributed by atoms with Crippen molar-refractivity contribution >= 4 is 23.3 Å². The number of carbonyl (C=O) groups excluding carboxylic acids is 1. The molecule has 0 radical (unpaired) electrons. The molecule has 0 saturated carbocycles. The molecule has 0 N–H and O–H groups in total. The molecular weight excluding hydrogens is 454 g/mol. The Bertz CT molecular complexity index is 1070. The molecule has 0 bridgehead atoms. The Balaban J connectivity index is 1.33. The van der Waals surface area contributed by atoms with E-state index in [1.54, 1.807) is 24.4 Å². The van der Waals surface area contributed by atoms with Crippen LogP contribution in [-0.4, -0.2) is 61.8 Å². The molecule has 0 spiro atoms. The van der Waals surface area contributed by atoms with Crippen molar-refractivity contribution in [3.63, 3.8) is 0 Å². The summed E-state index contributed by atoms with van der Waals surface area (Å²) in [4.78, 5) is 21.5. The average molecular weight is 482 g/mol. The number of amides is 1. The standard InChI is InChI=1S/C26H28ClN3O4/c1-2-32-24-18-20(8-10-23(24)34-17-16-33-22-6-4-3-5-7-22)26(31)30-14-12-29(13-15-30)25-11-9-21(27)19-28-25/h3-11,18-19H,2,12-17H2,1H3. The molecule has 2 aromatic carbocycles. The molecule has 1 aliphatic heterocycles. The molecule has 0 aliphatic carbocycles. The number of hydrogen-bond donors (Lipinski definition) is 0. The Kier molecular flexibility index (Phi) is 8.09. The van der Waals surface area contributed by atoms with Crippen molar-refractivity contribution in [3.05, 3.63) is 77.4 Å². The summed E-state index contributed by atoms with van der Waals surface area (Å²) >= 11 is 5.93. The largest absolute Gasteiger partial charge is 0.490 e. The summed E-state index contributed by atoms with van der Waals surface area (Å²) in [5.74, 6) is 2.78. The predicted octanol–water partition coefficient (Wildman–Crippen LogP) is 4.55. The van der Waals surface area contributed by atoms with Gasteiger partial charge in [0.25, 0.3) is 5.91 Å². The number of ether oxygens (including phenoxy) is 3. The van der Waals surface area contributed by atoms with E-state index in [0.717, 1.165) is 11.6 Å². The lowest BCUT2D eigenvalue weighted by Crippen LogP contribution is -2.49. The molecule has 2 heterocycles. The second-order valence-corrected chi connectivity index (χ2v) is 8.15. The summed E-state index contributed by atoms with van der Waals surface area (Å²) in [5.41, 5.74) is 0.578. The molecule has 178 valence electrons. The summed E-state index contributed by atoms with van der Waals surface area (Å²) in [6, 6.07) is 18.6. The van der Waals surface area contributed by atoms with Crippen LogP contribution < -0.4 is 19.1 Å². The van der Waals surface area contributed by atoms with E-state index in [2.05, 4.69) is 9.88 Å². The molecule has 7 nitrogen and oxygen atoms in total. The van der Waals surface area contributed by atoms with Crippen LogP contribution in [0.4, 0.5) is 5.82 Å². The van der Waals surface area contributed by atoms with E-state index >= 15 is 0 Å². The van der Waals surface area contributed by atoms with E-state index < -0.39 is 0 Å². The Morgan fingerprint density at radius 1 is 0.912 bits per heavy atom. The zero-order valence-electron chi connectivity index (χ0n) is 19.2. The van der Waals surface area contributed by atoms with Crippen LogP contribution in [0.25, 0.3) is 0 Å². The van der Waals surface area contributed by atoms with Crippen molar-refractivity contribution in [2.75, 3.05) is 50.9 Å². The van der Waals surface area contributed by atoms with Gasteiger partial charge in [-0.25, -0.2) is 4.98 Å². The number of halogens is 1. The van der Waals surface area contributed by atoms with Crippen molar-refractivity contribution in [1.29, 1.82) is 0 Å². The molecular formula is C26H28ClN3O4. The highest BCUT2D eigenvalue weighted by Crippen LogP contribution is 2.29. The molecule has 4 rings (SSSR count). The van der Waals surface area contributed by atoms with Crippen LogP contribution in [0.5, 0.6) is 17.2 Å². The average Bonchev–Trinajstić information content (AvgIpc) is 2.88. The Hall–Kier alpha value is -3.45. The molecule has 1 aromatic heterocycles. The number of piperazine rings is 1. The lowest BCUT2D eigenvalue weighted by molar-refractivity contribution is 0.0746. The first-order valence-corrected chi connectivity index (χ1v) is 11.7. The van der Waals surface area contributed by atoms with E-state index in [1.807, 2.05) is 54.3 Å². The van der Waals surface area contributed by atoms with Gasteiger partial charge < -0.3 is 24.0 Å². The number of pyridine rings is 1. The number of nitrogens with zero attached hydrogens (tertiary/aromatic N) is 3. The number of carbonyl (C=O) groups is 1. The van der Waals surface area contributed by atoms with Crippen molar-refractivity contribution in [3.8, 4) is 17.2 Å². The Morgan fingerprint density at radius 2 is 1.68 bits per heavy atom. The lowest BCUT2D eigenvalue weighted by atomic mass is 10.1.